The predicted molar refractivity (Wildman–Crippen MR) is 65.8 cm³/mol. The Bertz CT molecular complexity index is 286. The van der Waals surface area contributed by atoms with Crippen molar-refractivity contribution in [3.05, 3.63) is 35.4 Å². The molecule has 0 aliphatic rings. The summed E-state index contributed by atoms with van der Waals surface area (Å²) >= 11 is 6.01. The Hall–Kier alpha value is -0.530. The molecule has 0 bridgehead atoms. The van der Waals surface area contributed by atoms with Crippen LogP contribution >= 0.6 is 11.6 Å². The molecule has 0 heterocycles. The number of benzene rings is 1. The summed E-state index contributed by atoms with van der Waals surface area (Å²) in [6, 6.07) is 8.47. The minimum Gasteiger partial charge on any atom is -0.385 e. The van der Waals surface area contributed by atoms with Crippen molar-refractivity contribution >= 4 is 11.6 Å². The zero-order valence-corrected chi connectivity index (χ0v) is 10.3. The van der Waals surface area contributed by atoms with Crippen LogP contribution in [0.1, 0.15) is 29.9 Å². The lowest BCUT2D eigenvalue weighted by Gasteiger charge is -2.16. The highest BCUT2D eigenvalue weighted by Crippen LogP contribution is 2.25. The number of halogens is 1. The lowest BCUT2D eigenvalue weighted by molar-refractivity contribution is 0.191. The van der Waals surface area contributed by atoms with Gasteiger partial charge in [0.1, 0.15) is 0 Å². The molecule has 0 aliphatic heterocycles. The lowest BCUT2D eigenvalue weighted by atomic mass is 9.92. The van der Waals surface area contributed by atoms with Crippen molar-refractivity contribution < 1.29 is 4.74 Å². The smallest absolute Gasteiger partial charge is 0.0462 e. The van der Waals surface area contributed by atoms with E-state index in [2.05, 4.69) is 31.2 Å². The summed E-state index contributed by atoms with van der Waals surface area (Å²) in [5.74, 6) is 1.15. The van der Waals surface area contributed by atoms with Crippen LogP contribution in [0.25, 0.3) is 0 Å². The molecule has 0 saturated heterocycles. The average Bonchev–Trinajstić information content (AvgIpc) is 2.26. The van der Waals surface area contributed by atoms with Crippen molar-refractivity contribution in [3.8, 4) is 0 Å². The van der Waals surface area contributed by atoms with Crippen LogP contribution in [0.3, 0.4) is 0 Å². The minimum atomic E-state index is 0.461. The zero-order chi connectivity index (χ0) is 11.1. The third kappa shape index (κ3) is 3.84. The average molecular weight is 227 g/mol. The van der Waals surface area contributed by atoms with Crippen LogP contribution in [0, 0.1) is 6.92 Å². The number of ether oxygens (including phenoxy) is 1. The third-order valence-corrected chi connectivity index (χ3v) is 3.09. The molecule has 0 spiro atoms. The van der Waals surface area contributed by atoms with Crippen molar-refractivity contribution in [3.63, 3.8) is 0 Å². The second kappa shape index (κ2) is 6.86. The molecule has 1 unspecified atom stereocenters. The molecule has 0 fully saturated rings. The molecule has 1 nitrogen and oxygen atoms in total. The van der Waals surface area contributed by atoms with Gasteiger partial charge < -0.3 is 4.74 Å². The molecule has 84 valence electrons. The van der Waals surface area contributed by atoms with Crippen molar-refractivity contribution in [1.82, 2.24) is 0 Å². The van der Waals surface area contributed by atoms with E-state index in [9.17, 15) is 0 Å². The second-order valence-electron chi connectivity index (χ2n) is 3.84. The van der Waals surface area contributed by atoms with Crippen LogP contribution in [0.2, 0.25) is 0 Å². The van der Waals surface area contributed by atoms with Gasteiger partial charge in [0.2, 0.25) is 0 Å². The molecule has 0 N–H and O–H groups in total. The SMILES string of the molecule is COCCCC(CCl)c1ccccc1C. The van der Waals surface area contributed by atoms with Crippen LogP contribution in [-0.4, -0.2) is 19.6 Å². The highest BCUT2D eigenvalue weighted by Gasteiger charge is 2.11. The van der Waals surface area contributed by atoms with E-state index in [1.807, 2.05) is 0 Å². The minimum absolute atomic E-state index is 0.461. The maximum Gasteiger partial charge on any atom is 0.0462 e. The van der Waals surface area contributed by atoms with Crippen molar-refractivity contribution in [2.24, 2.45) is 0 Å². The van der Waals surface area contributed by atoms with Gasteiger partial charge in [0, 0.05) is 19.6 Å². The molecule has 0 radical (unpaired) electrons. The number of methoxy groups -OCH3 is 1. The fourth-order valence-corrected chi connectivity index (χ4v) is 2.16. The van der Waals surface area contributed by atoms with Gasteiger partial charge in [-0.1, -0.05) is 24.3 Å². The third-order valence-electron chi connectivity index (χ3n) is 2.72. The van der Waals surface area contributed by atoms with Gasteiger partial charge in [-0.05, 0) is 36.8 Å². The van der Waals surface area contributed by atoms with E-state index in [4.69, 9.17) is 16.3 Å². The van der Waals surface area contributed by atoms with E-state index in [0.717, 1.165) is 19.4 Å². The predicted octanol–water partition coefficient (Wildman–Crippen LogP) is 3.74. The van der Waals surface area contributed by atoms with Gasteiger partial charge in [-0.25, -0.2) is 0 Å². The van der Waals surface area contributed by atoms with Crippen molar-refractivity contribution in [2.45, 2.75) is 25.7 Å². The van der Waals surface area contributed by atoms with Gasteiger partial charge in [-0.15, -0.1) is 11.6 Å². The van der Waals surface area contributed by atoms with Crippen LogP contribution in [0.4, 0.5) is 0 Å². The summed E-state index contributed by atoms with van der Waals surface area (Å²) in [4.78, 5) is 0. The molecule has 0 saturated carbocycles. The van der Waals surface area contributed by atoms with Gasteiger partial charge in [0.05, 0.1) is 0 Å². The molecular formula is C13H19ClO. The van der Waals surface area contributed by atoms with E-state index in [1.165, 1.54) is 11.1 Å². The molecule has 1 atom stereocenters. The van der Waals surface area contributed by atoms with E-state index in [-0.39, 0.29) is 0 Å². The van der Waals surface area contributed by atoms with Gasteiger partial charge in [0.15, 0.2) is 0 Å². The standard InChI is InChI=1S/C13H19ClO/c1-11-6-3-4-8-13(11)12(10-14)7-5-9-15-2/h3-4,6,8,12H,5,7,9-10H2,1-2H3. The molecule has 2 heteroatoms. The fourth-order valence-electron chi connectivity index (χ4n) is 1.83. The summed E-state index contributed by atoms with van der Waals surface area (Å²) in [5, 5.41) is 0. The first kappa shape index (κ1) is 12.5. The number of aryl methyl sites for hydroxylation is 1. The Labute approximate surface area is 97.4 Å². The van der Waals surface area contributed by atoms with Crippen LogP contribution in [0.5, 0.6) is 0 Å². The number of hydrogen-bond donors (Lipinski definition) is 0. The number of hydrogen-bond acceptors (Lipinski definition) is 1. The second-order valence-corrected chi connectivity index (χ2v) is 4.15. The summed E-state index contributed by atoms with van der Waals surface area (Å²) in [6.45, 7) is 2.96. The maximum absolute atomic E-state index is 6.01. The number of alkyl halides is 1. The van der Waals surface area contributed by atoms with E-state index in [0.29, 0.717) is 11.8 Å². The van der Waals surface area contributed by atoms with E-state index in [1.54, 1.807) is 7.11 Å². The van der Waals surface area contributed by atoms with Gasteiger partial charge in [-0.3, -0.25) is 0 Å². The lowest BCUT2D eigenvalue weighted by Crippen LogP contribution is -2.04. The summed E-state index contributed by atoms with van der Waals surface area (Å²) < 4.78 is 5.06. The highest BCUT2D eigenvalue weighted by molar-refractivity contribution is 6.18. The van der Waals surface area contributed by atoms with Crippen molar-refractivity contribution in [2.75, 3.05) is 19.6 Å². The quantitative estimate of drug-likeness (QED) is 0.530. The molecule has 1 rings (SSSR count). The largest absolute Gasteiger partial charge is 0.385 e. The molecular weight excluding hydrogens is 208 g/mol. The van der Waals surface area contributed by atoms with Gasteiger partial charge >= 0.3 is 0 Å². The first-order valence-electron chi connectivity index (χ1n) is 5.40. The molecule has 0 aliphatic carbocycles. The Morgan fingerprint density at radius 2 is 2.07 bits per heavy atom. The first-order chi connectivity index (χ1) is 7.29. The van der Waals surface area contributed by atoms with Gasteiger partial charge in [0.25, 0.3) is 0 Å². The summed E-state index contributed by atoms with van der Waals surface area (Å²) in [6.07, 6.45) is 2.17. The Morgan fingerprint density at radius 3 is 2.67 bits per heavy atom. The zero-order valence-electron chi connectivity index (χ0n) is 9.50. The summed E-state index contributed by atoms with van der Waals surface area (Å²) in [5.41, 5.74) is 2.71. The highest BCUT2D eigenvalue weighted by atomic mass is 35.5. The molecule has 1 aromatic rings. The topological polar surface area (TPSA) is 9.23 Å². The summed E-state index contributed by atoms with van der Waals surface area (Å²) in [7, 11) is 1.74. The number of rotatable bonds is 6. The van der Waals surface area contributed by atoms with Crippen LogP contribution in [0.15, 0.2) is 24.3 Å². The normalized spacial score (nSPS) is 12.7. The first-order valence-corrected chi connectivity index (χ1v) is 5.93. The van der Waals surface area contributed by atoms with Crippen molar-refractivity contribution in [1.29, 1.82) is 0 Å². The van der Waals surface area contributed by atoms with E-state index < -0.39 is 0 Å². The van der Waals surface area contributed by atoms with Gasteiger partial charge in [-0.2, -0.15) is 0 Å². The van der Waals surface area contributed by atoms with Crippen LogP contribution in [-0.2, 0) is 4.74 Å². The maximum atomic E-state index is 6.01. The monoisotopic (exact) mass is 226 g/mol. The molecule has 1 aromatic carbocycles. The fraction of sp³-hybridized carbons (Fsp3) is 0.538. The van der Waals surface area contributed by atoms with E-state index >= 15 is 0 Å². The Kier molecular flexibility index (Phi) is 5.74. The van der Waals surface area contributed by atoms with Crippen LogP contribution < -0.4 is 0 Å². The Balaban J connectivity index is 2.61. The molecule has 15 heavy (non-hydrogen) atoms. The Morgan fingerprint density at radius 1 is 1.33 bits per heavy atom. The molecule has 0 amide bonds. The molecule has 0 aromatic heterocycles.